The van der Waals surface area contributed by atoms with E-state index in [4.69, 9.17) is 5.11 Å². The number of para-hydroxylation sites is 3. The van der Waals surface area contributed by atoms with Crippen molar-refractivity contribution in [1.29, 1.82) is 0 Å². The molecule has 2 aliphatic carbocycles. The summed E-state index contributed by atoms with van der Waals surface area (Å²) in [6, 6.07) is 39.5. The number of alkyl halides is 3. The van der Waals surface area contributed by atoms with Crippen LogP contribution in [0.1, 0.15) is 88.1 Å². The Balaban J connectivity index is 0.000000158. The summed E-state index contributed by atoms with van der Waals surface area (Å²) in [7, 11) is 1.98. The molecule has 82 heavy (non-hydrogen) atoms. The molecule has 8 aromatic rings. The Morgan fingerprint density at radius 2 is 1.30 bits per heavy atom. The first-order valence-electron chi connectivity index (χ1n) is 25.6. The number of anilines is 1. The number of phenols is 4. The summed E-state index contributed by atoms with van der Waals surface area (Å²) in [5, 5.41) is 68.9. The summed E-state index contributed by atoms with van der Waals surface area (Å²) >= 11 is 1.60. The maximum atomic E-state index is 12.8. The molecule has 10 N–H and O–H groups in total. The smallest absolute Gasteiger partial charge is 0.417 e. The summed E-state index contributed by atoms with van der Waals surface area (Å²) in [5.41, 5.74) is 11.9. The first kappa shape index (κ1) is 59.6. The van der Waals surface area contributed by atoms with E-state index in [1.54, 1.807) is 96.4 Å². The summed E-state index contributed by atoms with van der Waals surface area (Å²) in [5.74, 6) is -0.611. The normalized spacial score (nSPS) is 13.4. The van der Waals surface area contributed by atoms with Crippen molar-refractivity contribution in [1.82, 2.24) is 36.4 Å². The van der Waals surface area contributed by atoms with Gasteiger partial charge in [0.05, 0.1) is 40.6 Å². The van der Waals surface area contributed by atoms with Gasteiger partial charge >= 0.3 is 18.2 Å². The van der Waals surface area contributed by atoms with E-state index in [1.165, 1.54) is 66.7 Å². The van der Waals surface area contributed by atoms with Gasteiger partial charge in [0.25, 0.3) is 5.91 Å². The van der Waals surface area contributed by atoms with Crippen molar-refractivity contribution in [3.63, 3.8) is 0 Å². The van der Waals surface area contributed by atoms with Gasteiger partial charge in [-0.3, -0.25) is 9.89 Å². The molecule has 1 fully saturated rings. The fourth-order valence-electron chi connectivity index (χ4n) is 8.16. The number of aromatic hydroxyl groups is 4. The van der Waals surface area contributed by atoms with Gasteiger partial charge in [-0.15, -0.1) is 5.10 Å². The Morgan fingerprint density at radius 1 is 0.659 bits per heavy atom. The Hall–Kier alpha value is -10.1. The van der Waals surface area contributed by atoms with Crippen LogP contribution in [0.4, 0.5) is 28.4 Å². The molecule has 10 rings (SSSR count). The molecular weight excluding hydrogens is 1080 g/mol. The zero-order valence-electron chi connectivity index (χ0n) is 44.1. The van der Waals surface area contributed by atoms with E-state index in [9.17, 15) is 42.9 Å². The highest BCUT2D eigenvalue weighted by Gasteiger charge is 2.32. The van der Waals surface area contributed by atoms with Crippen LogP contribution in [0, 0.1) is 0 Å². The van der Waals surface area contributed by atoms with Crippen LogP contribution in [0.3, 0.4) is 0 Å². The van der Waals surface area contributed by atoms with Crippen LogP contribution in [-0.4, -0.2) is 84.1 Å². The zero-order valence-corrected chi connectivity index (χ0v) is 44.9. The van der Waals surface area contributed by atoms with Crippen LogP contribution >= 0.6 is 11.3 Å². The van der Waals surface area contributed by atoms with E-state index in [0.29, 0.717) is 16.8 Å². The number of aromatic amines is 1. The monoisotopic (exact) mass is 1140 g/mol. The topological polar surface area (TPSA) is 288 Å². The van der Waals surface area contributed by atoms with Crippen molar-refractivity contribution in [2.75, 3.05) is 5.32 Å². The maximum Gasteiger partial charge on any atom is 0.417 e. The number of rotatable bonds is 11. The minimum atomic E-state index is -4.48. The standard InChI is InChI=1S/C15H13F3N4O.C15H13N3OS.C14H13N3O3.C14H19N3O2/c16-15(17,18)11-6-2-1-4-9(11)8-19-22-14(23)13-10-5-3-7-12(10)20-21-13;1-18-13-4-2-3-5-14(13)20-15(18)17-16-10-11-6-8-12(19)9-7-11;18-12-7-6-10(8-13(12)19)9-15-17-14(20)16-11-4-2-1-3-5-11;18-13-9-5-4-6-11(13)10-15-17-14(19)16-12-7-2-1-3-8-12/h1-2,4,6,8H,3,5,7H2,(H,20,21)(H,22,23);2-10,19H,1H3;1-9,18-19H,(H2,16,17,20);4-6,9-10,12,18H,1-3,7-8H2,(H2,16,17,19)/b19-8-;16-10-,17-15+;15-9+;15-10+. The van der Waals surface area contributed by atoms with Gasteiger partial charge in [0.15, 0.2) is 17.2 Å². The van der Waals surface area contributed by atoms with Crippen LogP contribution in [0.5, 0.6) is 23.0 Å². The predicted molar refractivity (Wildman–Crippen MR) is 309 cm³/mol. The SMILES string of the molecule is Cn1/c(=N\N=C/c2ccc(O)cc2)sc2ccccc21.O=C(N/N=C/c1ccc(O)c(O)c1)Nc1ccccc1.O=C(N/N=C/c1ccccc1O)NC1CCCCC1.O=C(N/N=C\c1ccccc1C(F)(F)F)c1n[nH]c2c1CCC2. The molecule has 0 spiro atoms. The number of urea groups is 2. The maximum absolute atomic E-state index is 12.8. The third-order valence-corrected chi connectivity index (χ3v) is 13.4. The number of amides is 5. The minimum Gasteiger partial charge on any atom is -0.508 e. The lowest BCUT2D eigenvalue weighted by Gasteiger charge is -2.22. The van der Waals surface area contributed by atoms with E-state index in [1.807, 2.05) is 29.8 Å². The van der Waals surface area contributed by atoms with E-state index in [0.717, 1.165) is 71.5 Å². The van der Waals surface area contributed by atoms with E-state index < -0.39 is 23.7 Å². The Labute approximate surface area is 472 Å². The molecule has 424 valence electrons. The molecule has 2 aliphatic rings. The number of nitrogens with zero attached hydrogens (tertiary/aromatic N) is 7. The molecule has 2 aromatic heterocycles. The molecule has 0 aliphatic heterocycles. The number of nitrogens with one attached hydrogen (secondary N) is 6. The van der Waals surface area contributed by atoms with Crippen molar-refractivity contribution >= 4 is 70.1 Å². The van der Waals surface area contributed by atoms with Crippen LogP contribution < -0.4 is 31.7 Å². The molecule has 20 nitrogen and oxygen atoms in total. The first-order chi connectivity index (χ1) is 39.6. The highest BCUT2D eigenvalue weighted by atomic mass is 32.1. The number of hydrazone groups is 3. The third kappa shape index (κ3) is 18.2. The van der Waals surface area contributed by atoms with Crippen LogP contribution in [-0.2, 0) is 26.1 Å². The van der Waals surface area contributed by atoms with Gasteiger partial charge in [0.1, 0.15) is 11.5 Å². The highest BCUT2D eigenvalue weighted by molar-refractivity contribution is 7.16. The number of H-pyrrole nitrogens is 1. The molecule has 24 heteroatoms. The lowest BCUT2D eigenvalue weighted by atomic mass is 9.96. The van der Waals surface area contributed by atoms with E-state index >= 15 is 0 Å². The molecule has 0 saturated heterocycles. The summed E-state index contributed by atoms with van der Waals surface area (Å²) < 4.78 is 41.7. The van der Waals surface area contributed by atoms with E-state index in [2.05, 4.69) is 74.7 Å². The Kier molecular flexibility index (Phi) is 21.6. The van der Waals surface area contributed by atoms with Crippen LogP contribution in [0.2, 0.25) is 0 Å². The number of hydrogen-bond acceptors (Lipinski definition) is 14. The second kappa shape index (κ2) is 29.8. The Morgan fingerprint density at radius 3 is 2.04 bits per heavy atom. The number of benzene rings is 6. The summed E-state index contributed by atoms with van der Waals surface area (Å²) in [6.07, 6.45) is 9.18. The van der Waals surface area contributed by atoms with Crippen molar-refractivity contribution in [3.8, 4) is 23.0 Å². The average Bonchev–Trinajstić information content (AvgIpc) is 4.42. The van der Waals surface area contributed by atoms with Crippen molar-refractivity contribution in [2.45, 2.75) is 63.6 Å². The largest absolute Gasteiger partial charge is 0.508 e. The number of hydrogen-bond donors (Lipinski definition) is 10. The molecule has 5 amide bonds. The Bertz CT molecular complexity index is 3610. The number of aryl methyl sites for hydroxylation is 2. The molecule has 1 saturated carbocycles. The van der Waals surface area contributed by atoms with Crippen LogP contribution in [0.25, 0.3) is 10.2 Å². The first-order valence-corrected chi connectivity index (χ1v) is 26.4. The lowest BCUT2D eigenvalue weighted by Crippen LogP contribution is -2.41. The fourth-order valence-corrected chi connectivity index (χ4v) is 9.14. The van der Waals surface area contributed by atoms with Crippen molar-refractivity contribution in [3.05, 3.63) is 195 Å². The third-order valence-electron chi connectivity index (χ3n) is 12.3. The number of thiazole rings is 1. The van der Waals surface area contributed by atoms with Gasteiger partial charge in [-0.2, -0.15) is 38.7 Å². The number of phenolic OH excluding ortho intramolecular Hbond substituents is 4. The van der Waals surface area contributed by atoms with Gasteiger partial charge < -0.3 is 35.6 Å². The quantitative estimate of drug-likeness (QED) is 0.0337. The average molecular weight is 1140 g/mol. The van der Waals surface area contributed by atoms with Gasteiger partial charge in [-0.1, -0.05) is 91.3 Å². The number of fused-ring (bicyclic) bond motifs is 2. The molecule has 0 unspecified atom stereocenters. The molecule has 0 bridgehead atoms. The fraction of sp³-hybridized carbons (Fsp3) is 0.190. The molecule has 6 aromatic carbocycles. The van der Waals surface area contributed by atoms with Crippen LogP contribution in [0.15, 0.2) is 171 Å². The summed E-state index contributed by atoms with van der Waals surface area (Å²) in [6.45, 7) is 0. The molecule has 2 heterocycles. The predicted octanol–water partition coefficient (Wildman–Crippen LogP) is 10.2. The molecule has 0 atom stereocenters. The van der Waals surface area contributed by atoms with Crippen molar-refractivity contribution in [2.24, 2.45) is 32.6 Å². The number of aromatic nitrogens is 3. The number of halogens is 3. The number of carbonyl (C=O) groups is 3. The lowest BCUT2D eigenvalue weighted by molar-refractivity contribution is -0.137. The second-order valence-electron chi connectivity index (χ2n) is 18.2. The van der Waals surface area contributed by atoms with Gasteiger partial charge in [-0.05, 0) is 128 Å². The zero-order chi connectivity index (χ0) is 58.3. The van der Waals surface area contributed by atoms with Crippen molar-refractivity contribution < 1.29 is 48.0 Å². The van der Waals surface area contributed by atoms with Gasteiger partial charge in [0.2, 0.25) is 4.80 Å². The summed E-state index contributed by atoms with van der Waals surface area (Å²) in [4.78, 5) is 35.9. The van der Waals surface area contributed by atoms with Gasteiger partial charge in [0, 0.05) is 41.2 Å². The van der Waals surface area contributed by atoms with Gasteiger partial charge in [-0.25, -0.2) is 25.9 Å². The molecule has 0 radical (unpaired) electrons. The number of carbonyl (C=O) groups excluding carboxylic acids is 3. The highest BCUT2D eigenvalue weighted by Crippen LogP contribution is 2.31. The van der Waals surface area contributed by atoms with E-state index in [-0.39, 0.29) is 46.3 Å². The molecular formula is C58H58F3N13O7S. The second-order valence-corrected chi connectivity index (χ2v) is 19.2. The minimum absolute atomic E-state index is 0.118.